The van der Waals surface area contributed by atoms with Gasteiger partial charge in [-0.3, -0.25) is 14.5 Å². The SMILES string of the molecule is CCN1C[C@]2(COC)CC[C@H](OC)[C@@]34[C@@H]5C[C@H]6[C@H](OC(C)=O)[C@@H]5[C@](OC(C)=O)(C[C@@H]6OC)[C@@H]([C@H](OC)[C@H]23)[C@@H]14. The van der Waals surface area contributed by atoms with Crippen LogP contribution in [0.25, 0.3) is 0 Å². The van der Waals surface area contributed by atoms with Crippen LogP contribution in [0.3, 0.4) is 0 Å². The largest absolute Gasteiger partial charge is 0.462 e. The molecule has 13 atom stereocenters. The van der Waals surface area contributed by atoms with Crippen molar-refractivity contribution < 1.29 is 38.0 Å². The summed E-state index contributed by atoms with van der Waals surface area (Å²) in [7, 11) is 7.19. The van der Waals surface area contributed by atoms with Crippen LogP contribution >= 0.6 is 0 Å². The van der Waals surface area contributed by atoms with Gasteiger partial charge in [0.1, 0.15) is 11.7 Å². The predicted octanol–water partition coefficient (Wildman–Crippen LogP) is 2.30. The van der Waals surface area contributed by atoms with Gasteiger partial charge in [-0.05, 0) is 31.7 Å². The second kappa shape index (κ2) is 9.13. The smallest absolute Gasteiger partial charge is 0.303 e. The molecule has 6 rings (SSSR count). The minimum Gasteiger partial charge on any atom is -0.462 e. The molecule has 0 aromatic carbocycles. The highest BCUT2D eigenvalue weighted by Crippen LogP contribution is 2.80. The summed E-state index contributed by atoms with van der Waals surface area (Å²) in [5, 5.41) is 0. The van der Waals surface area contributed by atoms with Crippen molar-refractivity contribution in [3.8, 4) is 0 Å². The molecule has 6 fully saturated rings. The maximum absolute atomic E-state index is 13.0. The van der Waals surface area contributed by atoms with E-state index in [1.807, 2.05) is 14.2 Å². The van der Waals surface area contributed by atoms with Gasteiger partial charge in [-0.25, -0.2) is 0 Å². The molecule has 9 nitrogen and oxygen atoms in total. The number of hydrogen-bond donors (Lipinski definition) is 0. The van der Waals surface area contributed by atoms with Crippen molar-refractivity contribution in [2.24, 2.45) is 40.4 Å². The standard InChI is InChI=1S/C29H45NO8/c1-8-30-13-27(14-33-4)10-9-20(35-6)29-18-11-17-19(34-5)12-28(38-16(3)32,21(18)23(17)37-15(2)31)22(26(29)30)24(36-7)25(27)29/h17-26H,8-14H2,1-7H3/t17-,18-,19+,20+,21-,22+,23+,24+,25-,26-,27+,28-,29+/m1/s1. The maximum atomic E-state index is 13.0. The van der Waals surface area contributed by atoms with Crippen molar-refractivity contribution in [2.45, 2.75) is 82.5 Å². The number of hydrogen-bond acceptors (Lipinski definition) is 9. The zero-order valence-corrected chi connectivity index (χ0v) is 23.9. The number of likely N-dealkylation sites (tertiary alicyclic amines) is 1. The molecule has 38 heavy (non-hydrogen) atoms. The van der Waals surface area contributed by atoms with Crippen molar-refractivity contribution in [3.05, 3.63) is 0 Å². The molecule has 0 radical (unpaired) electrons. The molecule has 5 saturated carbocycles. The first-order chi connectivity index (χ1) is 18.2. The van der Waals surface area contributed by atoms with E-state index >= 15 is 0 Å². The van der Waals surface area contributed by atoms with E-state index in [9.17, 15) is 9.59 Å². The third-order valence-electron chi connectivity index (χ3n) is 11.9. The molecule has 1 aliphatic heterocycles. The van der Waals surface area contributed by atoms with E-state index in [2.05, 4.69) is 11.8 Å². The van der Waals surface area contributed by atoms with Crippen LogP contribution in [0, 0.1) is 40.4 Å². The van der Waals surface area contributed by atoms with Gasteiger partial charge in [0.25, 0.3) is 0 Å². The number of carbonyl (C=O) groups excluding carboxylic acids is 2. The first-order valence-electron chi connectivity index (χ1n) is 14.4. The van der Waals surface area contributed by atoms with Crippen molar-refractivity contribution in [1.82, 2.24) is 4.90 Å². The fourth-order valence-corrected chi connectivity index (χ4v) is 11.7. The molecule has 5 aliphatic carbocycles. The normalized spacial score (nSPS) is 52.1. The van der Waals surface area contributed by atoms with Crippen LogP contribution in [0.2, 0.25) is 0 Å². The second-order valence-corrected chi connectivity index (χ2v) is 12.9. The molecule has 9 heteroatoms. The number of carbonyl (C=O) groups is 2. The van der Waals surface area contributed by atoms with Gasteiger partial charge in [0.05, 0.1) is 24.9 Å². The first-order valence-corrected chi connectivity index (χ1v) is 14.4. The van der Waals surface area contributed by atoms with Crippen LogP contribution in [0.15, 0.2) is 0 Å². The third kappa shape index (κ3) is 3.06. The average Bonchev–Trinajstić information content (AvgIpc) is 3.29. The number of rotatable bonds is 8. The summed E-state index contributed by atoms with van der Waals surface area (Å²) in [6.45, 7) is 7.67. The maximum Gasteiger partial charge on any atom is 0.303 e. The van der Waals surface area contributed by atoms with E-state index in [1.54, 1.807) is 14.2 Å². The lowest BCUT2D eigenvalue weighted by Gasteiger charge is -2.69. The number of esters is 2. The molecule has 0 aromatic rings. The molecular weight excluding hydrogens is 490 g/mol. The molecular formula is C29H45NO8. The minimum absolute atomic E-state index is 0.0260. The molecule has 0 amide bonds. The lowest BCUT2D eigenvalue weighted by molar-refractivity contribution is -0.281. The Balaban J connectivity index is 1.66. The average molecular weight is 536 g/mol. The molecule has 1 spiro atoms. The fourth-order valence-electron chi connectivity index (χ4n) is 11.7. The highest BCUT2D eigenvalue weighted by Gasteiger charge is 2.88. The summed E-state index contributed by atoms with van der Waals surface area (Å²) < 4.78 is 37.9. The van der Waals surface area contributed by atoms with E-state index < -0.39 is 5.60 Å². The van der Waals surface area contributed by atoms with Gasteiger partial charge in [0, 0.05) is 95.8 Å². The van der Waals surface area contributed by atoms with E-state index in [4.69, 9.17) is 28.4 Å². The minimum atomic E-state index is -0.868. The summed E-state index contributed by atoms with van der Waals surface area (Å²) in [6.07, 6.45) is 2.70. The molecule has 1 saturated heterocycles. The number of nitrogens with zero attached hydrogens (tertiary/aromatic N) is 1. The Labute approximate surface area is 226 Å². The van der Waals surface area contributed by atoms with Gasteiger partial charge in [-0.15, -0.1) is 0 Å². The van der Waals surface area contributed by atoms with E-state index in [1.165, 1.54) is 13.8 Å². The Morgan fingerprint density at radius 2 is 1.74 bits per heavy atom. The van der Waals surface area contributed by atoms with Gasteiger partial charge in [0.2, 0.25) is 0 Å². The zero-order chi connectivity index (χ0) is 27.2. The highest BCUT2D eigenvalue weighted by molar-refractivity contribution is 5.68. The Hall–Kier alpha value is -1.26. The van der Waals surface area contributed by atoms with Crippen LogP contribution in [0.4, 0.5) is 0 Å². The summed E-state index contributed by atoms with van der Waals surface area (Å²) in [6, 6.07) is 0.116. The van der Waals surface area contributed by atoms with Gasteiger partial charge < -0.3 is 28.4 Å². The van der Waals surface area contributed by atoms with E-state index in [-0.39, 0.29) is 82.8 Å². The summed E-state index contributed by atoms with van der Waals surface area (Å²) in [4.78, 5) is 28.1. The van der Waals surface area contributed by atoms with Crippen LogP contribution in [0.5, 0.6) is 0 Å². The molecule has 0 aromatic heterocycles. The van der Waals surface area contributed by atoms with E-state index in [0.717, 1.165) is 32.4 Å². The second-order valence-electron chi connectivity index (χ2n) is 12.9. The summed E-state index contributed by atoms with van der Waals surface area (Å²) in [5.74, 6) is -0.502. The first kappa shape index (κ1) is 26.9. The van der Waals surface area contributed by atoms with Crippen molar-refractivity contribution in [3.63, 3.8) is 0 Å². The Kier molecular flexibility index (Phi) is 6.47. The number of ether oxygens (including phenoxy) is 6. The highest BCUT2D eigenvalue weighted by atomic mass is 16.6. The third-order valence-corrected chi connectivity index (χ3v) is 11.9. The Morgan fingerprint density at radius 1 is 0.974 bits per heavy atom. The lowest BCUT2D eigenvalue weighted by atomic mass is 9.43. The Bertz CT molecular complexity index is 976. The van der Waals surface area contributed by atoms with Crippen LogP contribution in [-0.2, 0) is 38.0 Å². The zero-order valence-electron chi connectivity index (χ0n) is 23.9. The fraction of sp³-hybridized carbons (Fsp3) is 0.931. The quantitative estimate of drug-likeness (QED) is 0.434. The van der Waals surface area contributed by atoms with Gasteiger partial charge >= 0.3 is 11.9 Å². The van der Waals surface area contributed by atoms with Crippen LogP contribution in [-0.4, -0.2) is 101 Å². The molecule has 0 N–H and O–H groups in total. The topological polar surface area (TPSA) is 92.8 Å². The molecule has 0 unspecified atom stereocenters. The monoisotopic (exact) mass is 535 g/mol. The predicted molar refractivity (Wildman–Crippen MR) is 136 cm³/mol. The number of fused-ring (bicyclic) bond motifs is 2. The van der Waals surface area contributed by atoms with Gasteiger partial charge in [-0.1, -0.05) is 6.92 Å². The van der Waals surface area contributed by atoms with E-state index in [0.29, 0.717) is 13.0 Å². The Morgan fingerprint density at radius 3 is 2.32 bits per heavy atom. The van der Waals surface area contributed by atoms with Crippen LogP contribution < -0.4 is 0 Å². The van der Waals surface area contributed by atoms with Crippen molar-refractivity contribution >= 4 is 11.9 Å². The number of methoxy groups -OCH3 is 4. The van der Waals surface area contributed by atoms with Crippen molar-refractivity contribution in [2.75, 3.05) is 48.1 Å². The molecule has 1 heterocycles. The molecule has 7 bridgehead atoms. The lowest BCUT2D eigenvalue weighted by Crippen LogP contribution is -2.77. The van der Waals surface area contributed by atoms with Gasteiger partial charge in [0.15, 0.2) is 0 Å². The summed E-state index contributed by atoms with van der Waals surface area (Å²) in [5.41, 5.74) is -1.21. The van der Waals surface area contributed by atoms with Gasteiger partial charge in [-0.2, -0.15) is 0 Å². The van der Waals surface area contributed by atoms with Crippen LogP contribution in [0.1, 0.15) is 46.5 Å². The van der Waals surface area contributed by atoms with Crippen molar-refractivity contribution in [1.29, 1.82) is 0 Å². The molecule has 214 valence electrons. The summed E-state index contributed by atoms with van der Waals surface area (Å²) >= 11 is 0. The molecule has 6 aliphatic rings. The number of piperidine rings is 1.